The number of nitrogens with one attached hydrogen (secondary N) is 3. The Kier molecular flexibility index (Phi) is 5.95. The van der Waals surface area contributed by atoms with Crippen LogP contribution in [0.4, 0.5) is 17.1 Å². The summed E-state index contributed by atoms with van der Waals surface area (Å²) in [5, 5.41) is 8.36. The number of methoxy groups -OCH3 is 1. The molecule has 1 aliphatic rings. The van der Waals surface area contributed by atoms with Crippen molar-refractivity contribution in [2.75, 3.05) is 23.1 Å². The van der Waals surface area contributed by atoms with E-state index >= 15 is 0 Å². The highest BCUT2D eigenvalue weighted by Crippen LogP contribution is 2.37. The van der Waals surface area contributed by atoms with Crippen molar-refractivity contribution in [2.45, 2.75) is 13.8 Å². The molecule has 7 heteroatoms. The Balaban J connectivity index is 1.73. The average molecular weight is 441 g/mol. The first-order chi connectivity index (χ1) is 15.8. The summed E-state index contributed by atoms with van der Waals surface area (Å²) in [6, 6.07) is 18.5. The number of hydrogen-bond donors (Lipinski definition) is 3. The van der Waals surface area contributed by atoms with E-state index in [4.69, 9.17) is 4.74 Å². The van der Waals surface area contributed by atoms with Crippen molar-refractivity contribution < 1.29 is 19.1 Å². The molecule has 7 nitrogen and oxygen atoms in total. The van der Waals surface area contributed by atoms with Crippen LogP contribution in [0.2, 0.25) is 0 Å². The van der Waals surface area contributed by atoms with Gasteiger partial charge in [0.15, 0.2) is 0 Å². The Bertz CT molecular complexity index is 1310. The Hall–Kier alpha value is -4.39. The highest BCUT2D eigenvalue weighted by molar-refractivity contribution is 6.35. The second kappa shape index (κ2) is 9.00. The average Bonchev–Trinajstić information content (AvgIpc) is 3.07. The molecule has 1 heterocycles. The molecule has 3 amide bonds. The van der Waals surface area contributed by atoms with Gasteiger partial charge < -0.3 is 20.7 Å². The topological polar surface area (TPSA) is 96.5 Å². The van der Waals surface area contributed by atoms with E-state index in [0.717, 1.165) is 22.3 Å². The zero-order chi connectivity index (χ0) is 23.5. The minimum atomic E-state index is -0.213. The van der Waals surface area contributed by atoms with Crippen LogP contribution >= 0.6 is 0 Å². The summed E-state index contributed by atoms with van der Waals surface area (Å²) in [6.07, 6.45) is 1.82. The molecule has 0 atom stereocenters. The van der Waals surface area contributed by atoms with Crippen molar-refractivity contribution in [1.82, 2.24) is 0 Å². The molecule has 3 N–H and O–H groups in total. The van der Waals surface area contributed by atoms with Gasteiger partial charge in [0.05, 0.1) is 12.8 Å². The Morgan fingerprint density at radius 1 is 0.879 bits per heavy atom. The maximum Gasteiger partial charge on any atom is 0.256 e. The molecular weight excluding hydrogens is 418 g/mol. The summed E-state index contributed by atoms with van der Waals surface area (Å²) >= 11 is 0. The van der Waals surface area contributed by atoms with Gasteiger partial charge >= 0.3 is 0 Å². The van der Waals surface area contributed by atoms with Gasteiger partial charge in [-0.1, -0.05) is 24.3 Å². The van der Waals surface area contributed by atoms with Crippen molar-refractivity contribution in [3.63, 3.8) is 0 Å². The van der Waals surface area contributed by atoms with Gasteiger partial charge in [-0.15, -0.1) is 0 Å². The SMILES string of the molecule is COc1ccc(/C=C2/C(=O)Nc3cc(NC(C)=O)ccc32)cc1-c1cccc(NC(C)=O)c1. The molecule has 166 valence electrons. The van der Waals surface area contributed by atoms with Crippen LogP contribution in [0.15, 0.2) is 60.7 Å². The highest BCUT2D eigenvalue weighted by Gasteiger charge is 2.24. The fourth-order valence-electron chi connectivity index (χ4n) is 3.79. The lowest BCUT2D eigenvalue weighted by molar-refractivity contribution is -0.115. The molecule has 0 fully saturated rings. The van der Waals surface area contributed by atoms with Gasteiger partial charge in [-0.05, 0) is 53.6 Å². The first-order valence-corrected chi connectivity index (χ1v) is 10.3. The van der Waals surface area contributed by atoms with E-state index in [0.29, 0.717) is 28.4 Å². The summed E-state index contributed by atoms with van der Waals surface area (Å²) < 4.78 is 5.55. The fraction of sp³-hybridized carbons (Fsp3) is 0.115. The van der Waals surface area contributed by atoms with E-state index in [1.165, 1.54) is 13.8 Å². The van der Waals surface area contributed by atoms with Crippen LogP contribution in [0.3, 0.4) is 0 Å². The van der Waals surface area contributed by atoms with Crippen molar-refractivity contribution >= 4 is 46.4 Å². The molecule has 4 rings (SSSR count). The second-order valence-corrected chi connectivity index (χ2v) is 7.68. The predicted octanol–water partition coefficient (Wildman–Crippen LogP) is 4.77. The molecule has 0 aliphatic carbocycles. The number of anilines is 3. The summed E-state index contributed by atoms with van der Waals surface area (Å²) in [5.41, 5.74) is 5.77. The maximum atomic E-state index is 12.7. The van der Waals surface area contributed by atoms with E-state index < -0.39 is 0 Å². The van der Waals surface area contributed by atoms with E-state index in [1.807, 2.05) is 54.6 Å². The molecular formula is C26H23N3O4. The van der Waals surface area contributed by atoms with Gasteiger partial charge in [-0.25, -0.2) is 0 Å². The number of hydrogen-bond acceptors (Lipinski definition) is 4. The number of carbonyl (C=O) groups is 3. The van der Waals surface area contributed by atoms with Crippen LogP contribution in [0, 0.1) is 0 Å². The maximum absolute atomic E-state index is 12.7. The number of amides is 3. The van der Waals surface area contributed by atoms with Gasteiger partial charge in [0.25, 0.3) is 5.91 Å². The smallest absolute Gasteiger partial charge is 0.256 e. The number of fused-ring (bicyclic) bond motifs is 1. The molecule has 0 radical (unpaired) electrons. The zero-order valence-corrected chi connectivity index (χ0v) is 18.5. The van der Waals surface area contributed by atoms with Gasteiger partial charge in [-0.2, -0.15) is 0 Å². The number of ether oxygens (including phenoxy) is 1. The molecule has 0 bridgehead atoms. The minimum Gasteiger partial charge on any atom is -0.496 e. The Morgan fingerprint density at radius 3 is 2.30 bits per heavy atom. The summed E-state index contributed by atoms with van der Waals surface area (Å²) in [5.74, 6) is 0.136. The van der Waals surface area contributed by atoms with E-state index in [9.17, 15) is 14.4 Å². The van der Waals surface area contributed by atoms with Crippen LogP contribution in [0.25, 0.3) is 22.8 Å². The van der Waals surface area contributed by atoms with Crippen molar-refractivity contribution in [3.05, 3.63) is 71.8 Å². The number of rotatable bonds is 5. The molecule has 0 saturated heterocycles. The van der Waals surface area contributed by atoms with E-state index in [1.54, 1.807) is 19.2 Å². The highest BCUT2D eigenvalue weighted by atomic mass is 16.5. The Morgan fingerprint density at radius 2 is 1.61 bits per heavy atom. The minimum absolute atomic E-state index is 0.148. The summed E-state index contributed by atoms with van der Waals surface area (Å²) in [7, 11) is 1.60. The monoisotopic (exact) mass is 441 g/mol. The second-order valence-electron chi connectivity index (χ2n) is 7.68. The first-order valence-electron chi connectivity index (χ1n) is 10.3. The van der Waals surface area contributed by atoms with Crippen LogP contribution in [-0.2, 0) is 14.4 Å². The molecule has 33 heavy (non-hydrogen) atoms. The predicted molar refractivity (Wildman–Crippen MR) is 130 cm³/mol. The molecule has 0 spiro atoms. The van der Waals surface area contributed by atoms with E-state index in [2.05, 4.69) is 16.0 Å². The van der Waals surface area contributed by atoms with Gasteiger partial charge in [-0.3, -0.25) is 14.4 Å². The normalized spacial score (nSPS) is 13.3. The summed E-state index contributed by atoms with van der Waals surface area (Å²) in [6.45, 7) is 2.90. The van der Waals surface area contributed by atoms with Gasteiger partial charge in [0.2, 0.25) is 11.8 Å². The van der Waals surface area contributed by atoms with Crippen LogP contribution in [-0.4, -0.2) is 24.8 Å². The van der Waals surface area contributed by atoms with Crippen LogP contribution < -0.4 is 20.7 Å². The lowest BCUT2D eigenvalue weighted by Gasteiger charge is -2.12. The molecule has 0 aromatic heterocycles. The summed E-state index contributed by atoms with van der Waals surface area (Å²) in [4.78, 5) is 35.4. The lowest BCUT2D eigenvalue weighted by atomic mass is 9.98. The standard InChI is InChI=1S/C26H23N3O4/c1-15(30)27-19-6-4-5-18(13-19)22-11-17(7-10-25(22)33-3)12-23-21-9-8-20(28-16(2)31)14-24(21)29-26(23)32/h4-14H,1-3H3,(H,27,30)(H,28,31)(H,29,32)/b23-12+. The fourth-order valence-corrected chi connectivity index (χ4v) is 3.79. The lowest BCUT2D eigenvalue weighted by Crippen LogP contribution is -2.06. The van der Waals surface area contributed by atoms with E-state index in [-0.39, 0.29) is 17.7 Å². The zero-order valence-electron chi connectivity index (χ0n) is 18.5. The number of carbonyl (C=O) groups excluding carboxylic acids is 3. The largest absolute Gasteiger partial charge is 0.496 e. The molecule has 3 aromatic carbocycles. The van der Waals surface area contributed by atoms with Crippen LogP contribution in [0.1, 0.15) is 25.0 Å². The van der Waals surface area contributed by atoms with Gasteiger partial charge in [0.1, 0.15) is 5.75 Å². The molecule has 1 aliphatic heterocycles. The Labute approximate surface area is 191 Å². The van der Waals surface area contributed by atoms with Gasteiger partial charge in [0, 0.05) is 41.9 Å². The molecule has 0 unspecified atom stereocenters. The van der Waals surface area contributed by atoms with Crippen molar-refractivity contribution in [3.8, 4) is 16.9 Å². The van der Waals surface area contributed by atoms with Crippen molar-refractivity contribution in [1.29, 1.82) is 0 Å². The third kappa shape index (κ3) is 4.77. The van der Waals surface area contributed by atoms with Crippen LogP contribution in [0.5, 0.6) is 5.75 Å². The molecule has 0 saturated carbocycles. The quantitative estimate of drug-likeness (QED) is 0.497. The first kappa shape index (κ1) is 21.8. The third-order valence-electron chi connectivity index (χ3n) is 5.15. The molecule has 3 aromatic rings. The third-order valence-corrected chi connectivity index (χ3v) is 5.15. The number of benzene rings is 3. The van der Waals surface area contributed by atoms with Crippen molar-refractivity contribution in [2.24, 2.45) is 0 Å².